The molecule has 0 spiro atoms. The fraction of sp³-hybridized carbons (Fsp3) is 0.909. The molecule has 0 atom stereocenters. The molecule has 1 amide bonds. The van der Waals surface area contributed by atoms with Crippen LogP contribution in [-0.4, -0.2) is 50.1 Å². The van der Waals surface area contributed by atoms with Gasteiger partial charge in [0.2, 0.25) is 5.91 Å². The first-order valence-corrected chi connectivity index (χ1v) is 5.88. The minimum atomic E-state index is 0.0416. The SMILES string of the molecule is CCN(CC)CCCNCCNC(C)=O. The lowest BCUT2D eigenvalue weighted by atomic mass is 10.3. The Morgan fingerprint density at radius 3 is 2.33 bits per heavy atom. The molecule has 0 saturated carbocycles. The van der Waals surface area contributed by atoms with Crippen LogP contribution in [-0.2, 0) is 4.79 Å². The molecule has 15 heavy (non-hydrogen) atoms. The van der Waals surface area contributed by atoms with Crippen LogP contribution in [0, 0.1) is 0 Å². The Balaban J connectivity index is 3.14. The quantitative estimate of drug-likeness (QED) is 0.549. The van der Waals surface area contributed by atoms with Gasteiger partial charge in [0.1, 0.15) is 0 Å². The van der Waals surface area contributed by atoms with Crippen molar-refractivity contribution < 1.29 is 4.79 Å². The standard InChI is InChI=1S/C11H25N3O/c1-4-14(5-2)10-6-7-12-8-9-13-11(3)15/h12H,4-10H2,1-3H3,(H,13,15). The van der Waals surface area contributed by atoms with Gasteiger partial charge in [0.15, 0.2) is 0 Å². The van der Waals surface area contributed by atoms with Gasteiger partial charge in [-0.1, -0.05) is 13.8 Å². The maximum Gasteiger partial charge on any atom is 0.216 e. The summed E-state index contributed by atoms with van der Waals surface area (Å²) < 4.78 is 0. The summed E-state index contributed by atoms with van der Waals surface area (Å²) in [5.41, 5.74) is 0. The topological polar surface area (TPSA) is 44.4 Å². The first-order valence-electron chi connectivity index (χ1n) is 5.88. The number of nitrogens with zero attached hydrogens (tertiary/aromatic N) is 1. The molecule has 0 saturated heterocycles. The van der Waals surface area contributed by atoms with Gasteiger partial charge in [-0.3, -0.25) is 4.79 Å². The van der Waals surface area contributed by atoms with E-state index in [4.69, 9.17) is 0 Å². The molecule has 0 fully saturated rings. The number of hydrogen-bond acceptors (Lipinski definition) is 3. The van der Waals surface area contributed by atoms with Crippen molar-refractivity contribution in [3.05, 3.63) is 0 Å². The highest BCUT2D eigenvalue weighted by Gasteiger charge is 1.97. The van der Waals surface area contributed by atoms with Crippen LogP contribution in [0.4, 0.5) is 0 Å². The van der Waals surface area contributed by atoms with Crippen LogP contribution < -0.4 is 10.6 Å². The number of nitrogens with one attached hydrogen (secondary N) is 2. The van der Waals surface area contributed by atoms with E-state index in [9.17, 15) is 4.79 Å². The zero-order valence-corrected chi connectivity index (χ0v) is 10.3. The van der Waals surface area contributed by atoms with Gasteiger partial charge in [0.05, 0.1) is 0 Å². The van der Waals surface area contributed by atoms with Crippen molar-refractivity contribution in [1.29, 1.82) is 0 Å². The number of carbonyl (C=O) groups excluding carboxylic acids is 1. The number of rotatable bonds is 9. The van der Waals surface area contributed by atoms with Crippen LogP contribution in [0.15, 0.2) is 0 Å². The Labute approximate surface area is 93.4 Å². The van der Waals surface area contributed by atoms with Crippen LogP contribution in [0.5, 0.6) is 0 Å². The summed E-state index contributed by atoms with van der Waals surface area (Å²) in [7, 11) is 0. The van der Waals surface area contributed by atoms with E-state index in [-0.39, 0.29) is 5.91 Å². The zero-order chi connectivity index (χ0) is 11.5. The highest BCUT2D eigenvalue weighted by Crippen LogP contribution is 1.88. The third kappa shape index (κ3) is 9.69. The molecule has 0 heterocycles. The monoisotopic (exact) mass is 215 g/mol. The highest BCUT2D eigenvalue weighted by atomic mass is 16.1. The summed E-state index contributed by atoms with van der Waals surface area (Å²) in [6, 6.07) is 0. The average molecular weight is 215 g/mol. The first-order chi connectivity index (χ1) is 7.20. The van der Waals surface area contributed by atoms with E-state index in [0.717, 1.165) is 39.3 Å². The molecule has 0 aromatic heterocycles. The van der Waals surface area contributed by atoms with Crippen LogP contribution in [0.2, 0.25) is 0 Å². The third-order valence-electron chi connectivity index (χ3n) is 2.40. The predicted octanol–water partition coefficient (Wildman–Crippen LogP) is 0.444. The number of hydrogen-bond donors (Lipinski definition) is 2. The summed E-state index contributed by atoms with van der Waals surface area (Å²) in [6.07, 6.45) is 1.17. The number of carbonyl (C=O) groups is 1. The molecule has 0 aromatic carbocycles. The van der Waals surface area contributed by atoms with E-state index < -0.39 is 0 Å². The second kappa shape index (κ2) is 9.93. The van der Waals surface area contributed by atoms with Crippen molar-refractivity contribution in [2.24, 2.45) is 0 Å². The average Bonchev–Trinajstić information content (AvgIpc) is 2.22. The molecular weight excluding hydrogens is 190 g/mol. The Bertz CT molecular complexity index is 158. The molecule has 0 aliphatic heterocycles. The fourth-order valence-corrected chi connectivity index (χ4v) is 1.42. The largest absolute Gasteiger partial charge is 0.355 e. The van der Waals surface area contributed by atoms with E-state index in [1.54, 1.807) is 6.92 Å². The van der Waals surface area contributed by atoms with Gasteiger partial charge in [-0.15, -0.1) is 0 Å². The third-order valence-corrected chi connectivity index (χ3v) is 2.40. The smallest absolute Gasteiger partial charge is 0.216 e. The Morgan fingerprint density at radius 2 is 1.80 bits per heavy atom. The van der Waals surface area contributed by atoms with Gasteiger partial charge >= 0.3 is 0 Å². The minimum absolute atomic E-state index is 0.0416. The Morgan fingerprint density at radius 1 is 1.13 bits per heavy atom. The van der Waals surface area contributed by atoms with Crippen molar-refractivity contribution in [3.63, 3.8) is 0 Å². The first kappa shape index (κ1) is 14.4. The van der Waals surface area contributed by atoms with Gasteiger partial charge in [-0.2, -0.15) is 0 Å². The molecule has 0 aliphatic rings. The molecule has 90 valence electrons. The summed E-state index contributed by atoms with van der Waals surface area (Å²) in [5, 5.41) is 6.06. The normalized spacial score (nSPS) is 10.7. The summed E-state index contributed by atoms with van der Waals surface area (Å²) in [6.45, 7) is 11.9. The maximum absolute atomic E-state index is 10.6. The van der Waals surface area contributed by atoms with Crippen LogP contribution >= 0.6 is 0 Å². The van der Waals surface area contributed by atoms with Crippen molar-refractivity contribution in [3.8, 4) is 0 Å². The molecule has 0 aliphatic carbocycles. The Hall–Kier alpha value is -0.610. The van der Waals surface area contributed by atoms with Crippen molar-refractivity contribution in [1.82, 2.24) is 15.5 Å². The lowest BCUT2D eigenvalue weighted by Gasteiger charge is -2.17. The van der Waals surface area contributed by atoms with Crippen molar-refractivity contribution in [2.45, 2.75) is 27.2 Å². The van der Waals surface area contributed by atoms with E-state index >= 15 is 0 Å². The van der Waals surface area contributed by atoms with E-state index in [1.165, 1.54) is 6.42 Å². The maximum atomic E-state index is 10.6. The van der Waals surface area contributed by atoms with Gasteiger partial charge in [-0.05, 0) is 32.6 Å². The van der Waals surface area contributed by atoms with Gasteiger partial charge in [0, 0.05) is 20.0 Å². The van der Waals surface area contributed by atoms with E-state index in [2.05, 4.69) is 29.4 Å². The summed E-state index contributed by atoms with van der Waals surface area (Å²) in [5.74, 6) is 0.0416. The molecule has 4 nitrogen and oxygen atoms in total. The Kier molecular flexibility index (Phi) is 9.52. The molecule has 0 unspecified atom stereocenters. The molecular formula is C11H25N3O. The molecule has 4 heteroatoms. The van der Waals surface area contributed by atoms with E-state index in [0.29, 0.717) is 0 Å². The van der Waals surface area contributed by atoms with Gasteiger partial charge in [0.25, 0.3) is 0 Å². The fourth-order valence-electron chi connectivity index (χ4n) is 1.42. The second-order valence-electron chi connectivity index (χ2n) is 3.61. The molecule has 0 rings (SSSR count). The zero-order valence-electron chi connectivity index (χ0n) is 10.3. The highest BCUT2D eigenvalue weighted by molar-refractivity contribution is 5.72. The van der Waals surface area contributed by atoms with Crippen LogP contribution in [0.25, 0.3) is 0 Å². The molecule has 0 aromatic rings. The minimum Gasteiger partial charge on any atom is -0.355 e. The summed E-state index contributed by atoms with van der Waals surface area (Å²) in [4.78, 5) is 13.0. The van der Waals surface area contributed by atoms with Crippen molar-refractivity contribution in [2.75, 3.05) is 39.3 Å². The summed E-state index contributed by atoms with van der Waals surface area (Å²) >= 11 is 0. The van der Waals surface area contributed by atoms with Gasteiger partial charge in [-0.25, -0.2) is 0 Å². The lowest BCUT2D eigenvalue weighted by Crippen LogP contribution is -2.32. The molecule has 0 radical (unpaired) electrons. The van der Waals surface area contributed by atoms with Crippen LogP contribution in [0.1, 0.15) is 27.2 Å². The van der Waals surface area contributed by atoms with Crippen LogP contribution in [0.3, 0.4) is 0 Å². The van der Waals surface area contributed by atoms with Gasteiger partial charge < -0.3 is 15.5 Å². The van der Waals surface area contributed by atoms with Crippen molar-refractivity contribution >= 4 is 5.91 Å². The molecule has 2 N–H and O–H groups in total. The lowest BCUT2D eigenvalue weighted by molar-refractivity contribution is -0.118. The predicted molar refractivity (Wildman–Crippen MR) is 64.0 cm³/mol. The van der Waals surface area contributed by atoms with E-state index in [1.807, 2.05) is 0 Å². The second-order valence-corrected chi connectivity index (χ2v) is 3.61. The number of amides is 1. The molecule has 0 bridgehead atoms.